The lowest BCUT2D eigenvalue weighted by Gasteiger charge is -2.08. The molecule has 0 bridgehead atoms. The van der Waals surface area contributed by atoms with Gasteiger partial charge in [0, 0.05) is 31.7 Å². The third-order valence-corrected chi connectivity index (χ3v) is 2.68. The van der Waals surface area contributed by atoms with Crippen LogP contribution in [0.15, 0.2) is 37.2 Å². The van der Waals surface area contributed by atoms with Gasteiger partial charge in [0.15, 0.2) is 0 Å². The number of anilines is 1. The molecule has 0 unspecified atom stereocenters. The first kappa shape index (κ1) is 14.5. The van der Waals surface area contributed by atoms with Gasteiger partial charge in [0.2, 0.25) is 0 Å². The van der Waals surface area contributed by atoms with Gasteiger partial charge >= 0.3 is 12.0 Å². The number of carboxylic acids is 1. The number of aromatic nitrogens is 3. The molecule has 2 aromatic heterocycles. The lowest BCUT2D eigenvalue weighted by molar-refractivity contribution is 0.0696. The van der Waals surface area contributed by atoms with Gasteiger partial charge in [-0.1, -0.05) is 0 Å². The van der Waals surface area contributed by atoms with Crippen molar-refractivity contribution in [2.45, 2.75) is 13.0 Å². The molecule has 3 N–H and O–H groups in total. The van der Waals surface area contributed by atoms with E-state index in [2.05, 4.69) is 20.6 Å². The standard InChI is InChI=1S/C13H15N5O3/c19-12(20)10-6-11(8-15-7-10)17-13(21)16-2-1-4-18-5-3-14-9-18/h3,5-9H,1-2,4H2,(H,19,20)(H2,16,17,21). The first-order chi connectivity index (χ1) is 10.1. The number of aryl methyl sites for hydroxylation is 1. The summed E-state index contributed by atoms with van der Waals surface area (Å²) in [7, 11) is 0. The molecule has 2 rings (SSSR count). The maximum absolute atomic E-state index is 11.6. The van der Waals surface area contributed by atoms with Crippen LogP contribution in [0, 0.1) is 0 Å². The van der Waals surface area contributed by atoms with Crippen molar-refractivity contribution < 1.29 is 14.7 Å². The van der Waals surface area contributed by atoms with E-state index in [1.165, 1.54) is 18.5 Å². The highest BCUT2D eigenvalue weighted by Gasteiger charge is 2.06. The van der Waals surface area contributed by atoms with Crippen LogP contribution in [0.25, 0.3) is 0 Å². The molecule has 0 aliphatic carbocycles. The Morgan fingerprint density at radius 3 is 2.86 bits per heavy atom. The number of pyridine rings is 1. The smallest absolute Gasteiger partial charge is 0.337 e. The average Bonchev–Trinajstić information content (AvgIpc) is 2.97. The van der Waals surface area contributed by atoms with Gasteiger partial charge in [-0.2, -0.15) is 0 Å². The number of carbonyl (C=O) groups excluding carboxylic acids is 1. The normalized spacial score (nSPS) is 10.1. The first-order valence-corrected chi connectivity index (χ1v) is 6.34. The summed E-state index contributed by atoms with van der Waals surface area (Å²) in [6, 6.07) is 0.949. The molecule has 110 valence electrons. The van der Waals surface area contributed by atoms with Crippen LogP contribution in [-0.4, -0.2) is 38.2 Å². The third kappa shape index (κ3) is 4.60. The highest BCUT2D eigenvalue weighted by Crippen LogP contribution is 2.07. The molecule has 0 radical (unpaired) electrons. The van der Waals surface area contributed by atoms with E-state index in [0.29, 0.717) is 12.2 Å². The van der Waals surface area contributed by atoms with Crippen LogP contribution in [0.3, 0.4) is 0 Å². The summed E-state index contributed by atoms with van der Waals surface area (Å²) in [5.74, 6) is -1.09. The van der Waals surface area contributed by atoms with Crippen LogP contribution in [0.5, 0.6) is 0 Å². The maximum atomic E-state index is 11.6. The molecule has 0 saturated carbocycles. The second-order valence-electron chi connectivity index (χ2n) is 4.30. The Labute approximate surface area is 120 Å². The largest absolute Gasteiger partial charge is 0.478 e. The van der Waals surface area contributed by atoms with Crippen molar-refractivity contribution in [3.8, 4) is 0 Å². The molecule has 2 aromatic rings. The summed E-state index contributed by atoms with van der Waals surface area (Å²) < 4.78 is 1.92. The Morgan fingerprint density at radius 2 is 2.14 bits per heavy atom. The monoisotopic (exact) mass is 289 g/mol. The number of aromatic carboxylic acids is 1. The Bertz CT molecular complexity index is 612. The molecule has 0 aliphatic heterocycles. The van der Waals surface area contributed by atoms with E-state index in [0.717, 1.165) is 13.0 Å². The third-order valence-electron chi connectivity index (χ3n) is 2.68. The number of hydrogen-bond donors (Lipinski definition) is 3. The van der Waals surface area contributed by atoms with Gasteiger partial charge in [0.1, 0.15) is 0 Å². The van der Waals surface area contributed by atoms with E-state index in [1.807, 2.05) is 10.8 Å². The number of carbonyl (C=O) groups is 2. The summed E-state index contributed by atoms with van der Waals surface area (Å²) in [5.41, 5.74) is 0.356. The molecular weight excluding hydrogens is 274 g/mol. The first-order valence-electron chi connectivity index (χ1n) is 6.34. The maximum Gasteiger partial charge on any atom is 0.337 e. The Balaban J connectivity index is 1.74. The van der Waals surface area contributed by atoms with Crippen molar-refractivity contribution >= 4 is 17.7 Å². The summed E-state index contributed by atoms with van der Waals surface area (Å²) in [4.78, 5) is 30.1. The van der Waals surface area contributed by atoms with Crippen molar-refractivity contribution in [3.05, 3.63) is 42.7 Å². The van der Waals surface area contributed by atoms with Crippen LogP contribution in [0.1, 0.15) is 16.8 Å². The highest BCUT2D eigenvalue weighted by molar-refractivity contribution is 5.92. The lowest BCUT2D eigenvalue weighted by atomic mass is 10.3. The summed E-state index contributed by atoms with van der Waals surface area (Å²) >= 11 is 0. The number of nitrogens with one attached hydrogen (secondary N) is 2. The van der Waals surface area contributed by atoms with Crippen LogP contribution >= 0.6 is 0 Å². The molecule has 0 saturated heterocycles. The lowest BCUT2D eigenvalue weighted by Crippen LogP contribution is -2.30. The van der Waals surface area contributed by atoms with Crippen molar-refractivity contribution in [2.75, 3.05) is 11.9 Å². The molecule has 2 amide bonds. The predicted molar refractivity (Wildman–Crippen MR) is 75.1 cm³/mol. The second-order valence-corrected chi connectivity index (χ2v) is 4.30. The van der Waals surface area contributed by atoms with E-state index in [1.54, 1.807) is 12.5 Å². The van der Waals surface area contributed by atoms with E-state index < -0.39 is 12.0 Å². The summed E-state index contributed by atoms with van der Waals surface area (Å²) in [6.07, 6.45) is 8.63. The number of rotatable bonds is 6. The van der Waals surface area contributed by atoms with E-state index >= 15 is 0 Å². The second kappa shape index (κ2) is 7.04. The van der Waals surface area contributed by atoms with E-state index in [9.17, 15) is 9.59 Å². The highest BCUT2D eigenvalue weighted by atomic mass is 16.4. The molecule has 0 aromatic carbocycles. The van der Waals surface area contributed by atoms with Gasteiger partial charge in [-0.3, -0.25) is 4.98 Å². The van der Waals surface area contributed by atoms with E-state index in [-0.39, 0.29) is 5.56 Å². The van der Waals surface area contributed by atoms with Crippen LogP contribution in [0.4, 0.5) is 10.5 Å². The number of nitrogens with zero attached hydrogens (tertiary/aromatic N) is 3. The van der Waals surface area contributed by atoms with Crippen molar-refractivity contribution in [3.63, 3.8) is 0 Å². The molecule has 0 atom stereocenters. The fourth-order valence-electron chi connectivity index (χ4n) is 1.68. The Kier molecular flexibility index (Phi) is 4.86. The van der Waals surface area contributed by atoms with Gasteiger partial charge in [0.25, 0.3) is 0 Å². The minimum absolute atomic E-state index is 0.0212. The topological polar surface area (TPSA) is 109 Å². The zero-order chi connectivity index (χ0) is 15.1. The zero-order valence-electron chi connectivity index (χ0n) is 11.2. The van der Waals surface area contributed by atoms with Crippen molar-refractivity contribution in [2.24, 2.45) is 0 Å². The molecule has 0 fully saturated rings. The SMILES string of the molecule is O=C(NCCCn1ccnc1)Nc1cncc(C(=O)O)c1. The quantitative estimate of drug-likeness (QED) is 0.692. The Morgan fingerprint density at radius 1 is 1.29 bits per heavy atom. The molecule has 21 heavy (non-hydrogen) atoms. The van der Waals surface area contributed by atoms with Gasteiger partial charge < -0.3 is 20.3 Å². The number of urea groups is 1. The summed E-state index contributed by atoms with van der Waals surface area (Å²) in [6.45, 7) is 1.26. The number of hydrogen-bond acceptors (Lipinski definition) is 4. The van der Waals surface area contributed by atoms with Gasteiger partial charge in [0.05, 0.1) is 23.8 Å². The fourth-order valence-corrected chi connectivity index (χ4v) is 1.68. The number of imidazole rings is 1. The molecule has 8 heteroatoms. The molecule has 2 heterocycles. The van der Waals surface area contributed by atoms with Crippen molar-refractivity contribution in [1.29, 1.82) is 0 Å². The number of amides is 2. The van der Waals surface area contributed by atoms with Crippen LogP contribution in [-0.2, 0) is 6.54 Å². The molecule has 0 spiro atoms. The minimum Gasteiger partial charge on any atom is -0.478 e. The minimum atomic E-state index is -1.09. The van der Waals surface area contributed by atoms with E-state index in [4.69, 9.17) is 5.11 Å². The number of carboxylic acid groups (broad SMARTS) is 1. The van der Waals surface area contributed by atoms with Crippen molar-refractivity contribution in [1.82, 2.24) is 19.9 Å². The molecular formula is C13H15N5O3. The zero-order valence-corrected chi connectivity index (χ0v) is 11.2. The fraction of sp³-hybridized carbons (Fsp3) is 0.231. The van der Waals surface area contributed by atoms with Crippen LogP contribution < -0.4 is 10.6 Å². The van der Waals surface area contributed by atoms with Gasteiger partial charge in [-0.15, -0.1) is 0 Å². The van der Waals surface area contributed by atoms with Gasteiger partial charge in [-0.25, -0.2) is 14.6 Å². The summed E-state index contributed by atoms with van der Waals surface area (Å²) in [5, 5.41) is 14.1. The predicted octanol–water partition coefficient (Wildman–Crippen LogP) is 1.19. The molecule has 8 nitrogen and oxygen atoms in total. The Hall–Kier alpha value is -2.90. The molecule has 0 aliphatic rings. The van der Waals surface area contributed by atoms with Crippen LogP contribution in [0.2, 0.25) is 0 Å². The average molecular weight is 289 g/mol. The van der Waals surface area contributed by atoms with Gasteiger partial charge in [-0.05, 0) is 12.5 Å².